The summed E-state index contributed by atoms with van der Waals surface area (Å²) in [7, 11) is 0. The molecule has 0 saturated heterocycles. The third-order valence-electron chi connectivity index (χ3n) is 4.28. The summed E-state index contributed by atoms with van der Waals surface area (Å²) in [5.41, 5.74) is 3.14. The number of hydrogen-bond acceptors (Lipinski definition) is 5. The summed E-state index contributed by atoms with van der Waals surface area (Å²) in [6, 6.07) is 15.7. The minimum absolute atomic E-state index is 0.157. The lowest BCUT2D eigenvalue weighted by Crippen LogP contribution is -2.30. The average Bonchev–Trinajstić information content (AvgIpc) is 3.13. The zero-order valence-electron chi connectivity index (χ0n) is 15.8. The van der Waals surface area contributed by atoms with Crippen molar-refractivity contribution in [3.05, 3.63) is 70.7 Å². The number of aromatic nitrogens is 1. The largest absolute Gasteiger partial charge is 0.452 e. The first kappa shape index (κ1) is 19.8. The number of thiazole rings is 1. The van der Waals surface area contributed by atoms with Crippen LogP contribution in [0.5, 0.6) is 0 Å². The summed E-state index contributed by atoms with van der Waals surface area (Å²) in [4.78, 5) is 28.3. The monoisotopic (exact) mass is 394 g/mol. The van der Waals surface area contributed by atoms with Gasteiger partial charge in [0.15, 0.2) is 6.61 Å². The van der Waals surface area contributed by atoms with E-state index in [2.05, 4.69) is 17.2 Å². The molecule has 0 fully saturated rings. The minimum Gasteiger partial charge on any atom is -0.452 e. The van der Waals surface area contributed by atoms with E-state index in [1.54, 1.807) is 6.08 Å². The summed E-state index contributed by atoms with van der Waals surface area (Å²) in [5.74, 6) is -0.914. The van der Waals surface area contributed by atoms with Gasteiger partial charge in [-0.3, -0.25) is 4.79 Å². The van der Waals surface area contributed by atoms with Gasteiger partial charge in [0.2, 0.25) is 0 Å². The minimum atomic E-state index is -0.575. The number of benzene rings is 2. The summed E-state index contributed by atoms with van der Waals surface area (Å²) in [6.07, 6.45) is 3.86. The maximum absolute atomic E-state index is 12.0. The van der Waals surface area contributed by atoms with E-state index < -0.39 is 5.97 Å². The van der Waals surface area contributed by atoms with Crippen molar-refractivity contribution in [1.82, 2.24) is 10.3 Å². The van der Waals surface area contributed by atoms with Gasteiger partial charge in [0.05, 0.1) is 16.3 Å². The number of hydrogen-bond donors (Lipinski definition) is 1. The van der Waals surface area contributed by atoms with E-state index in [4.69, 9.17) is 4.74 Å². The molecular formula is C22H22N2O3S. The molecule has 28 heavy (non-hydrogen) atoms. The van der Waals surface area contributed by atoms with Crippen LogP contribution in [0.3, 0.4) is 0 Å². The first-order valence-electron chi connectivity index (χ1n) is 9.13. The van der Waals surface area contributed by atoms with Crippen LogP contribution < -0.4 is 5.32 Å². The molecule has 6 heteroatoms. The molecule has 2 aromatic carbocycles. The van der Waals surface area contributed by atoms with E-state index in [0.717, 1.165) is 22.2 Å². The molecule has 0 bridgehead atoms. The second-order valence-electron chi connectivity index (χ2n) is 6.35. The molecule has 0 radical (unpaired) electrons. The van der Waals surface area contributed by atoms with Gasteiger partial charge >= 0.3 is 5.97 Å². The summed E-state index contributed by atoms with van der Waals surface area (Å²) < 4.78 is 6.06. The first-order chi connectivity index (χ1) is 13.5. The third-order valence-corrected chi connectivity index (χ3v) is 5.29. The highest BCUT2D eigenvalue weighted by Gasteiger charge is 2.11. The van der Waals surface area contributed by atoms with Gasteiger partial charge in [-0.05, 0) is 42.7 Å². The molecule has 1 aromatic heterocycles. The molecule has 0 unspecified atom stereocenters. The van der Waals surface area contributed by atoms with Gasteiger partial charge in [0.25, 0.3) is 5.91 Å². The van der Waals surface area contributed by atoms with Crippen molar-refractivity contribution in [3.8, 4) is 0 Å². The van der Waals surface area contributed by atoms with E-state index in [1.165, 1.54) is 23.0 Å². The highest BCUT2D eigenvalue weighted by Crippen LogP contribution is 2.22. The third kappa shape index (κ3) is 5.27. The average molecular weight is 394 g/mol. The van der Waals surface area contributed by atoms with E-state index in [9.17, 15) is 9.59 Å². The van der Waals surface area contributed by atoms with E-state index >= 15 is 0 Å². The molecule has 1 amide bonds. The van der Waals surface area contributed by atoms with E-state index in [0.29, 0.717) is 5.01 Å². The van der Waals surface area contributed by atoms with Crippen LogP contribution >= 0.6 is 11.3 Å². The molecular weight excluding hydrogens is 372 g/mol. The number of carbonyl (C=O) groups is 2. The lowest BCUT2D eigenvalue weighted by Gasteiger charge is -2.14. The zero-order chi connectivity index (χ0) is 19.9. The Labute approximate surface area is 168 Å². The Kier molecular flexibility index (Phi) is 6.55. The van der Waals surface area contributed by atoms with Crippen molar-refractivity contribution < 1.29 is 14.3 Å². The number of aryl methyl sites for hydroxylation is 1. The highest BCUT2D eigenvalue weighted by molar-refractivity contribution is 7.19. The molecule has 0 spiro atoms. The number of ether oxygens (including phenoxy) is 1. The van der Waals surface area contributed by atoms with E-state index in [1.807, 2.05) is 55.5 Å². The Bertz CT molecular complexity index is 959. The number of nitrogens with one attached hydrogen (secondary N) is 1. The molecule has 0 aliphatic rings. The Morgan fingerprint density at radius 2 is 1.93 bits per heavy atom. The zero-order valence-corrected chi connectivity index (χ0v) is 16.7. The fourth-order valence-electron chi connectivity index (χ4n) is 2.69. The highest BCUT2D eigenvalue weighted by atomic mass is 32.1. The molecule has 1 atom stereocenters. The van der Waals surface area contributed by atoms with Gasteiger partial charge in [-0.1, -0.05) is 43.3 Å². The van der Waals surface area contributed by atoms with Gasteiger partial charge in [0, 0.05) is 6.08 Å². The van der Waals surface area contributed by atoms with Crippen LogP contribution in [0, 0.1) is 0 Å². The van der Waals surface area contributed by atoms with Crippen LogP contribution in [0.2, 0.25) is 0 Å². The summed E-state index contributed by atoms with van der Waals surface area (Å²) in [5, 5.41) is 3.54. The molecule has 0 aliphatic heterocycles. The van der Waals surface area contributed by atoms with Crippen molar-refractivity contribution in [2.75, 3.05) is 6.61 Å². The Balaban J connectivity index is 1.47. The Morgan fingerprint density at radius 3 is 2.64 bits per heavy atom. The van der Waals surface area contributed by atoms with Crippen LogP contribution in [0.25, 0.3) is 16.3 Å². The van der Waals surface area contributed by atoms with Gasteiger partial charge in [-0.15, -0.1) is 11.3 Å². The second kappa shape index (κ2) is 9.28. The predicted molar refractivity (Wildman–Crippen MR) is 112 cm³/mol. The molecule has 3 aromatic rings. The normalized spacial score (nSPS) is 12.2. The van der Waals surface area contributed by atoms with Gasteiger partial charge < -0.3 is 10.1 Å². The van der Waals surface area contributed by atoms with Crippen LogP contribution in [-0.2, 0) is 20.7 Å². The fraction of sp³-hybridized carbons (Fsp3) is 0.227. The molecule has 144 valence electrons. The van der Waals surface area contributed by atoms with Crippen molar-refractivity contribution in [2.45, 2.75) is 26.3 Å². The van der Waals surface area contributed by atoms with Crippen LogP contribution in [0.4, 0.5) is 0 Å². The summed E-state index contributed by atoms with van der Waals surface area (Å²) in [6.45, 7) is 3.67. The first-order valence-corrected chi connectivity index (χ1v) is 9.95. The molecule has 0 aliphatic carbocycles. The quantitative estimate of drug-likeness (QED) is 0.479. The van der Waals surface area contributed by atoms with Crippen LogP contribution in [-0.4, -0.2) is 23.5 Å². The standard InChI is InChI=1S/C22H22N2O3S/c1-3-16-8-10-17(11-9-16)15(2)23-20(25)14-27-22(26)13-12-21-24-18-6-4-5-7-19(18)28-21/h4-13,15H,3,14H2,1-2H3,(H,23,25)/b13-12+/t15-/m0/s1. The predicted octanol–water partition coefficient (Wildman–Crippen LogP) is 4.29. The lowest BCUT2D eigenvalue weighted by atomic mass is 10.1. The molecule has 3 rings (SSSR count). The fourth-order valence-corrected chi connectivity index (χ4v) is 3.56. The number of rotatable bonds is 7. The molecule has 1 heterocycles. The van der Waals surface area contributed by atoms with Gasteiger partial charge in [0.1, 0.15) is 5.01 Å². The van der Waals surface area contributed by atoms with Crippen LogP contribution in [0.1, 0.15) is 36.0 Å². The van der Waals surface area contributed by atoms with Crippen molar-refractivity contribution in [1.29, 1.82) is 0 Å². The topological polar surface area (TPSA) is 68.3 Å². The Hall–Kier alpha value is -2.99. The van der Waals surface area contributed by atoms with Crippen molar-refractivity contribution in [3.63, 3.8) is 0 Å². The molecule has 5 nitrogen and oxygen atoms in total. The maximum atomic E-state index is 12.0. The van der Waals surface area contributed by atoms with Gasteiger partial charge in [-0.25, -0.2) is 9.78 Å². The van der Waals surface area contributed by atoms with Crippen molar-refractivity contribution in [2.24, 2.45) is 0 Å². The molecule has 0 saturated carbocycles. The number of fused-ring (bicyclic) bond motifs is 1. The number of para-hydroxylation sites is 1. The SMILES string of the molecule is CCc1ccc([C@H](C)NC(=O)COC(=O)/C=C/c2nc3ccccc3s2)cc1. The number of esters is 1. The lowest BCUT2D eigenvalue weighted by molar-refractivity contribution is -0.144. The number of carbonyl (C=O) groups excluding carboxylic acids is 2. The van der Waals surface area contributed by atoms with Crippen LogP contribution in [0.15, 0.2) is 54.6 Å². The second-order valence-corrected chi connectivity index (χ2v) is 7.41. The van der Waals surface area contributed by atoms with E-state index in [-0.39, 0.29) is 18.6 Å². The van der Waals surface area contributed by atoms with Gasteiger partial charge in [-0.2, -0.15) is 0 Å². The number of nitrogens with zero attached hydrogens (tertiary/aromatic N) is 1. The smallest absolute Gasteiger partial charge is 0.331 e. The number of amides is 1. The molecule has 1 N–H and O–H groups in total. The Morgan fingerprint density at radius 1 is 1.18 bits per heavy atom. The summed E-state index contributed by atoms with van der Waals surface area (Å²) >= 11 is 1.49. The maximum Gasteiger partial charge on any atom is 0.331 e. The van der Waals surface area contributed by atoms with Crippen molar-refractivity contribution >= 4 is 39.5 Å².